The molecule has 1 aliphatic carbocycles. The highest BCUT2D eigenvalue weighted by molar-refractivity contribution is 6.06. The molecule has 0 saturated carbocycles. The zero-order valence-corrected chi connectivity index (χ0v) is 23.8. The maximum Gasteiger partial charge on any atom is 0.178 e. The lowest BCUT2D eigenvalue weighted by molar-refractivity contribution is 0.159. The summed E-state index contributed by atoms with van der Waals surface area (Å²) < 4.78 is 7.42. The fourth-order valence-corrected chi connectivity index (χ4v) is 6.94. The van der Waals surface area contributed by atoms with Gasteiger partial charge in [0.1, 0.15) is 5.75 Å². The molecule has 1 unspecified atom stereocenters. The summed E-state index contributed by atoms with van der Waals surface area (Å²) in [4.78, 5) is 0. The molecule has 202 valence electrons. The van der Waals surface area contributed by atoms with Crippen LogP contribution in [0.1, 0.15) is 44.5 Å². The molecule has 0 spiro atoms. The van der Waals surface area contributed by atoms with Gasteiger partial charge in [0.25, 0.3) is 0 Å². The Morgan fingerprint density at radius 1 is 0.619 bits per heavy atom. The van der Waals surface area contributed by atoms with Gasteiger partial charge >= 0.3 is 0 Å². The normalized spacial score (nSPS) is 16.8. The Balaban J connectivity index is 1.32. The standard InChI is InChI=1S/C41H32O/c1-28-15-20-32(21-16-28)41(33-22-17-30(18-23-33)27-29-9-3-2-4-10-29)26-25-37-35-13-7-8-14-36(35)39-34-12-6-5-11-31(34)19-24-38(39)40(37)42-41/h2-18,20-23,25-26H,19,24,27H2,1H3. The molecule has 0 saturated heterocycles. The van der Waals surface area contributed by atoms with Gasteiger partial charge in [-0.1, -0.05) is 133 Å². The Hall–Kier alpha value is -4.88. The maximum atomic E-state index is 7.42. The zero-order chi connectivity index (χ0) is 28.1. The number of rotatable bonds is 4. The van der Waals surface area contributed by atoms with Gasteiger partial charge in [0.15, 0.2) is 5.60 Å². The Labute approximate surface area is 247 Å². The summed E-state index contributed by atoms with van der Waals surface area (Å²) in [7, 11) is 0. The van der Waals surface area contributed by atoms with Crippen molar-refractivity contribution in [3.63, 3.8) is 0 Å². The molecule has 8 rings (SSSR count). The fraction of sp³-hybridized carbons (Fsp3) is 0.122. The SMILES string of the molecule is Cc1ccc(C2(c3ccc(Cc4ccccc4)cc3)C=Cc3c(c4c(c5ccccc35)-c3ccccc3CC4)O2)cc1. The lowest BCUT2D eigenvalue weighted by atomic mass is 9.78. The van der Waals surface area contributed by atoms with E-state index in [1.165, 1.54) is 55.3 Å². The first kappa shape index (κ1) is 24.9. The highest BCUT2D eigenvalue weighted by atomic mass is 16.5. The monoisotopic (exact) mass is 540 g/mol. The number of hydrogen-bond acceptors (Lipinski definition) is 1. The third kappa shape index (κ3) is 4.00. The lowest BCUT2D eigenvalue weighted by Crippen LogP contribution is -2.35. The van der Waals surface area contributed by atoms with Crippen LogP contribution >= 0.6 is 0 Å². The van der Waals surface area contributed by atoms with Crippen LogP contribution < -0.4 is 4.74 Å². The van der Waals surface area contributed by atoms with E-state index in [2.05, 4.69) is 146 Å². The smallest absolute Gasteiger partial charge is 0.178 e. The molecular formula is C41H32O. The van der Waals surface area contributed by atoms with E-state index in [9.17, 15) is 0 Å². The Morgan fingerprint density at radius 2 is 1.26 bits per heavy atom. The molecule has 0 N–H and O–H groups in total. The Kier molecular flexibility index (Phi) is 5.86. The molecule has 0 bridgehead atoms. The summed E-state index contributed by atoms with van der Waals surface area (Å²) in [6, 6.07) is 46.3. The summed E-state index contributed by atoms with van der Waals surface area (Å²) in [5, 5.41) is 2.55. The second kappa shape index (κ2) is 9.89. The van der Waals surface area contributed by atoms with Crippen LogP contribution in [0.3, 0.4) is 0 Å². The van der Waals surface area contributed by atoms with Gasteiger partial charge in [0, 0.05) is 22.3 Å². The highest BCUT2D eigenvalue weighted by Crippen LogP contribution is 2.51. The third-order valence-electron chi connectivity index (χ3n) is 9.10. The van der Waals surface area contributed by atoms with Gasteiger partial charge < -0.3 is 4.74 Å². The average molecular weight is 541 g/mol. The largest absolute Gasteiger partial charge is 0.473 e. The van der Waals surface area contributed by atoms with Gasteiger partial charge in [-0.2, -0.15) is 0 Å². The van der Waals surface area contributed by atoms with E-state index in [0.29, 0.717) is 0 Å². The van der Waals surface area contributed by atoms with E-state index in [1.807, 2.05) is 0 Å². The van der Waals surface area contributed by atoms with Crippen molar-refractivity contribution in [2.45, 2.75) is 31.8 Å². The minimum atomic E-state index is -0.723. The van der Waals surface area contributed by atoms with Crippen LogP contribution in [0.5, 0.6) is 5.75 Å². The predicted octanol–water partition coefficient (Wildman–Crippen LogP) is 9.85. The second-order valence-corrected chi connectivity index (χ2v) is 11.7. The van der Waals surface area contributed by atoms with E-state index in [1.54, 1.807) is 0 Å². The molecule has 1 atom stereocenters. The topological polar surface area (TPSA) is 9.23 Å². The summed E-state index contributed by atoms with van der Waals surface area (Å²) in [6.07, 6.45) is 7.50. The van der Waals surface area contributed by atoms with Crippen LogP contribution in [-0.4, -0.2) is 0 Å². The van der Waals surface area contributed by atoms with Crippen LogP contribution in [-0.2, 0) is 24.9 Å². The van der Waals surface area contributed by atoms with E-state index in [4.69, 9.17) is 4.74 Å². The number of aryl methyl sites for hydroxylation is 2. The van der Waals surface area contributed by atoms with Crippen molar-refractivity contribution in [2.75, 3.05) is 0 Å². The summed E-state index contributed by atoms with van der Waals surface area (Å²) in [5.74, 6) is 1.02. The molecule has 1 nitrogen and oxygen atoms in total. The molecule has 6 aromatic rings. The number of hydrogen-bond donors (Lipinski definition) is 0. The van der Waals surface area contributed by atoms with Crippen LogP contribution in [0.25, 0.3) is 28.0 Å². The van der Waals surface area contributed by atoms with E-state index < -0.39 is 5.60 Å². The summed E-state index contributed by atoms with van der Waals surface area (Å²) >= 11 is 0. The Bertz CT molecular complexity index is 1960. The summed E-state index contributed by atoms with van der Waals surface area (Å²) in [5.41, 5.74) is 12.0. The second-order valence-electron chi connectivity index (χ2n) is 11.7. The predicted molar refractivity (Wildman–Crippen MR) is 174 cm³/mol. The van der Waals surface area contributed by atoms with Gasteiger partial charge in [-0.05, 0) is 76.9 Å². The van der Waals surface area contributed by atoms with Gasteiger partial charge in [-0.3, -0.25) is 0 Å². The number of fused-ring (bicyclic) bond motifs is 8. The minimum Gasteiger partial charge on any atom is -0.473 e. The average Bonchev–Trinajstić information content (AvgIpc) is 3.05. The van der Waals surface area contributed by atoms with E-state index in [0.717, 1.165) is 36.1 Å². The molecule has 1 heteroatoms. The first-order valence-electron chi connectivity index (χ1n) is 14.9. The number of ether oxygens (including phenoxy) is 1. The van der Waals surface area contributed by atoms with Gasteiger partial charge in [0.05, 0.1) is 0 Å². The van der Waals surface area contributed by atoms with Crippen LogP contribution in [0, 0.1) is 6.92 Å². The molecule has 1 heterocycles. The quantitative estimate of drug-likeness (QED) is 0.216. The Morgan fingerprint density at radius 3 is 2.05 bits per heavy atom. The minimum absolute atomic E-state index is 0.723. The van der Waals surface area contributed by atoms with E-state index in [-0.39, 0.29) is 0 Å². The third-order valence-corrected chi connectivity index (χ3v) is 9.10. The zero-order valence-electron chi connectivity index (χ0n) is 23.8. The molecule has 0 radical (unpaired) electrons. The van der Waals surface area contributed by atoms with Crippen molar-refractivity contribution >= 4 is 16.8 Å². The van der Waals surface area contributed by atoms with Crippen molar-refractivity contribution in [2.24, 2.45) is 0 Å². The molecule has 0 aromatic heterocycles. The van der Waals surface area contributed by atoms with Crippen molar-refractivity contribution in [1.82, 2.24) is 0 Å². The maximum absolute atomic E-state index is 7.42. The van der Waals surface area contributed by atoms with Crippen molar-refractivity contribution in [3.05, 3.63) is 178 Å². The molecular weight excluding hydrogens is 508 g/mol. The van der Waals surface area contributed by atoms with Crippen molar-refractivity contribution < 1.29 is 4.74 Å². The van der Waals surface area contributed by atoms with Crippen LogP contribution in [0.2, 0.25) is 0 Å². The van der Waals surface area contributed by atoms with Gasteiger partial charge in [-0.25, -0.2) is 0 Å². The molecule has 0 fully saturated rings. The first-order valence-corrected chi connectivity index (χ1v) is 14.9. The lowest BCUT2D eigenvalue weighted by Gasteiger charge is -2.39. The molecule has 1 aliphatic heterocycles. The van der Waals surface area contributed by atoms with Gasteiger partial charge in [0.2, 0.25) is 0 Å². The van der Waals surface area contributed by atoms with Crippen molar-refractivity contribution in [1.29, 1.82) is 0 Å². The molecule has 0 amide bonds. The fourth-order valence-electron chi connectivity index (χ4n) is 6.94. The van der Waals surface area contributed by atoms with Crippen molar-refractivity contribution in [3.8, 4) is 16.9 Å². The number of benzene rings is 6. The molecule has 42 heavy (non-hydrogen) atoms. The molecule has 2 aliphatic rings. The highest BCUT2D eigenvalue weighted by Gasteiger charge is 2.39. The first-order chi connectivity index (χ1) is 20.7. The summed E-state index contributed by atoms with van der Waals surface area (Å²) in [6.45, 7) is 2.14. The molecule has 6 aromatic carbocycles. The van der Waals surface area contributed by atoms with Crippen LogP contribution in [0.4, 0.5) is 0 Å². The van der Waals surface area contributed by atoms with E-state index >= 15 is 0 Å². The van der Waals surface area contributed by atoms with Crippen LogP contribution in [0.15, 0.2) is 133 Å². The van der Waals surface area contributed by atoms with Gasteiger partial charge in [-0.15, -0.1) is 0 Å².